The lowest BCUT2D eigenvalue weighted by Gasteiger charge is -2.17. The second-order valence-corrected chi connectivity index (χ2v) is 7.77. The first-order valence-electron chi connectivity index (χ1n) is 8.02. The van der Waals surface area contributed by atoms with Gasteiger partial charge in [-0.1, -0.05) is 6.07 Å². The van der Waals surface area contributed by atoms with Gasteiger partial charge in [-0.2, -0.15) is 14.5 Å². The lowest BCUT2D eigenvalue weighted by atomic mass is 10.0. The van der Waals surface area contributed by atoms with Gasteiger partial charge in [0.2, 0.25) is 10.0 Å². The molecule has 1 saturated heterocycles. The van der Waals surface area contributed by atoms with Gasteiger partial charge >= 0.3 is 0 Å². The van der Waals surface area contributed by atoms with Crippen molar-refractivity contribution in [1.82, 2.24) is 14.5 Å². The number of hydrogen-bond donors (Lipinski definition) is 0. The molecular weight excluding hydrogens is 326 g/mol. The van der Waals surface area contributed by atoms with E-state index in [4.69, 9.17) is 4.74 Å². The quantitative estimate of drug-likeness (QED) is 0.829. The van der Waals surface area contributed by atoms with Crippen molar-refractivity contribution in [2.75, 3.05) is 19.7 Å². The van der Waals surface area contributed by atoms with E-state index in [0.717, 1.165) is 23.1 Å². The molecular formula is C17H21N3O3S. The average molecular weight is 347 g/mol. The molecule has 1 aliphatic rings. The van der Waals surface area contributed by atoms with Crippen LogP contribution < -0.4 is 0 Å². The van der Waals surface area contributed by atoms with Crippen LogP contribution in [0.2, 0.25) is 0 Å². The van der Waals surface area contributed by atoms with Crippen LogP contribution in [0.3, 0.4) is 0 Å². The van der Waals surface area contributed by atoms with Crippen LogP contribution in [-0.2, 0) is 14.8 Å². The summed E-state index contributed by atoms with van der Waals surface area (Å²) in [5, 5.41) is 7.64. The molecule has 2 heterocycles. The van der Waals surface area contributed by atoms with Gasteiger partial charge in [0, 0.05) is 25.3 Å². The summed E-state index contributed by atoms with van der Waals surface area (Å²) in [5.41, 5.74) is 2.77. The predicted octanol–water partition coefficient (Wildman–Crippen LogP) is 2.25. The fourth-order valence-electron chi connectivity index (χ4n) is 3.01. The molecule has 2 aromatic rings. The molecule has 0 saturated carbocycles. The Hall–Kier alpha value is -1.83. The zero-order valence-corrected chi connectivity index (χ0v) is 14.7. The Morgan fingerprint density at radius 1 is 1.29 bits per heavy atom. The zero-order chi connectivity index (χ0) is 17.2. The Bertz CT molecular complexity index is 809. The van der Waals surface area contributed by atoms with Gasteiger partial charge in [-0.15, -0.1) is 0 Å². The number of aryl methyl sites for hydroxylation is 1. The molecule has 0 amide bonds. The van der Waals surface area contributed by atoms with Gasteiger partial charge in [0.25, 0.3) is 0 Å². The van der Waals surface area contributed by atoms with Crippen LogP contribution in [0.15, 0.2) is 41.6 Å². The van der Waals surface area contributed by atoms with Gasteiger partial charge in [0.15, 0.2) is 0 Å². The minimum absolute atomic E-state index is 0.00645. The molecule has 0 radical (unpaired) electrons. The van der Waals surface area contributed by atoms with Gasteiger partial charge in [0.1, 0.15) is 0 Å². The number of hydrogen-bond acceptors (Lipinski definition) is 5. The fourth-order valence-corrected chi connectivity index (χ4v) is 4.58. The molecule has 0 spiro atoms. The van der Waals surface area contributed by atoms with Crippen LogP contribution in [-0.4, -0.2) is 48.7 Å². The van der Waals surface area contributed by atoms with E-state index in [1.165, 1.54) is 4.31 Å². The van der Waals surface area contributed by atoms with E-state index in [2.05, 4.69) is 10.2 Å². The van der Waals surface area contributed by atoms with E-state index in [-0.39, 0.29) is 6.10 Å². The van der Waals surface area contributed by atoms with Crippen molar-refractivity contribution in [2.24, 2.45) is 0 Å². The number of aromatic nitrogens is 2. The Balaban J connectivity index is 1.86. The number of sulfonamides is 1. The molecule has 0 bridgehead atoms. The van der Waals surface area contributed by atoms with Gasteiger partial charge < -0.3 is 4.74 Å². The first kappa shape index (κ1) is 17.0. The Morgan fingerprint density at radius 2 is 2.12 bits per heavy atom. The van der Waals surface area contributed by atoms with Crippen LogP contribution in [0, 0.1) is 6.92 Å². The van der Waals surface area contributed by atoms with Gasteiger partial charge in [-0.3, -0.25) is 0 Å². The molecule has 6 nitrogen and oxygen atoms in total. The van der Waals surface area contributed by atoms with Crippen molar-refractivity contribution < 1.29 is 13.2 Å². The molecule has 1 aromatic carbocycles. The average Bonchev–Trinajstić information content (AvgIpc) is 3.05. The third-order valence-electron chi connectivity index (χ3n) is 4.24. The molecule has 0 N–H and O–H groups in total. The number of benzene rings is 1. The molecule has 24 heavy (non-hydrogen) atoms. The van der Waals surface area contributed by atoms with Crippen LogP contribution in [0.1, 0.15) is 18.9 Å². The molecule has 1 aromatic heterocycles. The summed E-state index contributed by atoms with van der Waals surface area (Å²) in [6.07, 6.45) is 4.03. The lowest BCUT2D eigenvalue weighted by Crippen LogP contribution is -2.30. The smallest absolute Gasteiger partial charge is 0.243 e. The summed E-state index contributed by atoms with van der Waals surface area (Å²) >= 11 is 0. The maximum atomic E-state index is 12.8. The zero-order valence-electron chi connectivity index (χ0n) is 13.8. The van der Waals surface area contributed by atoms with E-state index in [1.807, 2.05) is 26.0 Å². The molecule has 1 atom stereocenters. The topological polar surface area (TPSA) is 72.4 Å². The van der Waals surface area contributed by atoms with Crippen molar-refractivity contribution in [3.8, 4) is 11.1 Å². The molecule has 0 aliphatic carbocycles. The second kappa shape index (κ2) is 6.96. The van der Waals surface area contributed by atoms with E-state index in [0.29, 0.717) is 24.6 Å². The summed E-state index contributed by atoms with van der Waals surface area (Å²) in [7, 11) is -3.49. The van der Waals surface area contributed by atoms with Crippen LogP contribution in [0.5, 0.6) is 0 Å². The first-order valence-corrected chi connectivity index (χ1v) is 9.46. The Labute approximate surface area is 142 Å². The first-order chi connectivity index (χ1) is 11.5. The summed E-state index contributed by atoms with van der Waals surface area (Å²) in [4.78, 5) is 0.322. The summed E-state index contributed by atoms with van der Waals surface area (Å²) in [6, 6.07) is 7.07. The van der Waals surface area contributed by atoms with Crippen LogP contribution in [0.25, 0.3) is 11.1 Å². The lowest BCUT2D eigenvalue weighted by molar-refractivity contribution is 0.0738. The van der Waals surface area contributed by atoms with Gasteiger partial charge in [-0.05, 0) is 49.6 Å². The highest BCUT2D eigenvalue weighted by atomic mass is 32.2. The van der Waals surface area contributed by atoms with Gasteiger partial charge in [-0.25, -0.2) is 8.42 Å². The van der Waals surface area contributed by atoms with Crippen LogP contribution in [0.4, 0.5) is 0 Å². The van der Waals surface area contributed by atoms with Crippen molar-refractivity contribution in [3.05, 3.63) is 42.2 Å². The SMILES string of the molecule is CCOC1CCN(S(=O)(=O)c2ccc(-c3ccnnc3)c(C)c2)C1. The molecule has 1 aliphatic heterocycles. The Morgan fingerprint density at radius 3 is 2.79 bits per heavy atom. The highest BCUT2D eigenvalue weighted by Gasteiger charge is 2.33. The second-order valence-electron chi connectivity index (χ2n) is 5.84. The van der Waals surface area contributed by atoms with Crippen molar-refractivity contribution in [1.29, 1.82) is 0 Å². The van der Waals surface area contributed by atoms with Crippen LogP contribution >= 0.6 is 0 Å². The predicted molar refractivity (Wildman–Crippen MR) is 91.0 cm³/mol. The number of nitrogens with zero attached hydrogens (tertiary/aromatic N) is 3. The maximum absolute atomic E-state index is 12.8. The summed E-state index contributed by atoms with van der Waals surface area (Å²) in [5.74, 6) is 0. The standard InChI is InChI=1S/C17H21N3O3S/c1-3-23-15-7-9-20(12-15)24(21,22)16-4-5-17(13(2)10-16)14-6-8-18-19-11-14/h4-6,8,10-11,15H,3,7,9,12H2,1-2H3. The largest absolute Gasteiger partial charge is 0.377 e. The highest BCUT2D eigenvalue weighted by Crippen LogP contribution is 2.28. The Kier molecular flexibility index (Phi) is 4.93. The molecule has 1 fully saturated rings. The normalized spacial score (nSPS) is 18.8. The van der Waals surface area contributed by atoms with Crippen molar-refractivity contribution >= 4 is 10.0 Å². The van der Waals surface area contributed by atoms with Gasteiger partial charge in [0.05, 0.1) is 23.4 Å². The van der Waals surface area contributed by atoms with Crippen molar-refractivity contribution in [2.45, 2.75) is 31.3 Å². The molecule has 1 unspecified atom stereocenters. The van der Waals surface area contributed by atoms with E-state index < -0.39 is 10.0 Å². The maximum Gasteiger partial charge on any atom is 0.243 e. The number of ether oxygens (including phenoxy) is 1. The van der Waals surface area contributed by atoms with E-state index in [1.54, 1.807) is 24.5 Å². The molecule has 7 heteroatoms. The minimum atomic E-state index is -3.49. The fraction of sp³-hybridized carbons (Fsp3) is 0.412. The number of rotatable bonds is 5. The molecule has 128 valence electrons. The van der Waals surface area contributed by atoms with E-state index in [9.17, 15) is 8.42 Å². The van der Waals surface area contributed by atoms with E-state index >= 15 is 0 Å². The molecule has 3 rings (SSSR count). The summed E-state index contributed by atoms with van der Waals surface area (Å²) < 4.78 is 32.7. The van der Waals surface area contributed by atoms with Crippen molar-refractivity contribution in [3.63, 3.8) is 0 Å². The highest BCUT2D eigenvalue weighted by molar-refractivity contribution is 7.89. The minimum Gasteiger partial charge on any atom is -0.377 e. The monoisotopic (exact) mass is 347 g/mol. The third-order valence-corrected chi connectivity index (χ3v) is 6.10. The third kappa shape index (κ3) is 3.33. The summed E-state index contributed by atoms with van der Waals surface area (Å²) in [6.45, 7) is 5.36.